The number of nitrogens with one attached hydrogen (secondary N) is 2. The molecule has 0 aliphatic heterocycles. The Labute approximate surface area is 158 Å². The Balaban J connectivity index is -0.000000101. The summed E-state index contributed by atoms with van der Waals surface area (Å²) in [5.74, 6) is -5.53. The van der Waals surface area contributed by atoms with Crippen LogP contribution in [0.5, 0.6) is 0 Å². The first-order valence-corrected chi connectivity index (χ1v) is 5.22. The Kier molecular flexibility index (Phi) is 19.3. The van der Waals surface area contributed by atoms with Crippen molar-refractivity contribution < 1.29 is 78.3 Å². The maximum atomic E-state index is 10.2. The third-order valence-corrected chi connectivity index (χ3v) is 2.03. The van der Waals surface area contributed by atoms with E-state index in [0.29, 0.717) is 0 Å². The zero-order valence-electron chi connectivity index (χ0n) is 12.9. The van der Waals surface area contributed by atoms with Crippen molar-refractivity contribution in [2.75, 3.05) is 0 Å². The van der Waals surface area contributed by atoms with E-state index in [0.717, 1.165) is 12.1 Å². The zero-order chi connectivity index (χ0) is 16.9. The van der Waals surface area contributed by atoms with Crippen LogP contribution in [0.3, 0.4) is 0 Å². The first kappa shape index (κ1) is 34.9. The number of aromatic amines is 2. The number of hydrogen-bond acceptors (Lipinski definition) is 8. The molecule has 17 heteroatoms. The number of carboxylic acid groups (broad SMARTS) is 4. The number of aromatic carboxylic acids is 4. The molecular formula is C10H16CoN4O12+2. The van der Waals surface area contributed by atoms with Crippen LogP contribution in [0.1, 0.15) is 42.0 Å². The van der Waals surface area contributed by atoms with E-state index in [9.17, 15) is 29.4 Å². The molecule has 27 heavy (non-hydrogen) atoms. The van der Waals surface area contributed by atoms with E-state index in [1.54, 1.807) is 0 Å². The molecule has 0 aromatic carbocycles. The van der Waals surface area contributed by atoms with Crippen LogP contribution >= 0.6 is 0 Å². The van der Waals surface area contributed by atoms with Crippen LogP contribution in [0.15, 0.2) is 12.1 Å². The number of carbonyl (C=O) groups is 4. The van der Waals surface area contributed by atoms with Crippen LogP contribution in [0.2, 0.25) is 0 Å². The van der Waals surface area contributed by atoms with Gasteiger partial charge in [0.15, 0.2) is 0 Å². The number of carboxylic acids is 4. The Morgan fingerprint density at radius 2 is 1.04 bits per heavy atom. The zero-order valence-corrected chi connectivity index (χ0v) is 13.9. The van der Waals surface area contributed by atoms with Crippen molar-refractivity contribution in [2.45, 2.75) is 0 Å². The van der Waals surface area contributed by atoms with Gasteiger partial charge in [0.05, 0.1) is 11.9 Å². The van der Waals surface area contributed by atoms with Gasteiger partial charge in [0, 0.05) is 0 Å². The molecule has 155 valence electrons. The molecule has 0 saturated carbocycles. The molecule has 1 radical (unpaired) electrons. The first-order chi connectivity index (χ1) is 10.2. The molecule has 0 unspecified atom stereocenters. The van der Waals surface area contributed by atoms with Crippen molar-refractivity contribution in [3.05, 3.63) is 34.9 Å². The van der Waals surface area contributed by atoms with Crippen molar-refractivity contribution in [2.24, 2.45) is 0 Å². The summed E-state index contributed by atoms with van der Waals surface area (Å²) in [6.45, 7) is 0. The van der Waals surface area contributed by atoms with Gasteiger partial charge in [-0.15, -0.1) is 0 Å². The summed E-state index contributed by atoms with van der Waals surface area (Å²) in [6, 6.07) is 1.77. The summed E-state index contributed by atoms with van der Waals surface area (Å²) in [4.78, 5) is 40.4. The SMILES string of the molecule is O.O.O=C([O-])c1cc(C(=O)O)[nH]n1.O=C([O-])c1cc(C(=O)O)[nH]n1.[Co+2].[OH3+].[OH3+]. The van der Waals surface area contributed by atoms with Crippen molar-refractivity contribution >= 4 is 23.9 Å². The van der Waals surface area contributed by atoms with Crippen LogP contribution in [0.4, 0.5) is 0 Å². The summed E-state index contributed by atoms with van der Waals surface area (Å²) >= 11 is 0. The normalized spacial score (nSPS) is 7.70. The molecule has 0 aliphatic rings. The predicted molar refractivity (Wildman–Crippen MR) is 76.7 cm³/mol. The summed E-state index contributed by atoms with van der Waals surface area (Å²) in [5.41, 5.74) is -1.38. The molecule has 0 spiro atoms. The van der Waals surface area contributed by atoms with Crippen LogP contribution in [0, 0.1) is 0 Å². The maximum Gasteiger partial charge on any atom is 2.00 e. The van der Waals surface area contributed by atoms with Crippen molar-refractivity contribution in [3.8, 4) is 0 Å². The molecule has 0 atom stereocenters. The molecule has 0 saturated heterocycles. The number of rotatable bonds is 4. The minimum atomic E-state index is -1.51. The van der Waals surface area contributed by atoms with E-state index < -0.39 is 35.3 Å². The van der Waals surface area contributed by atoms with Gasteiger partial charge >= 0.3 is 28.7 Å². The fourth-order valence-corrected chi connectivity index (χ4v) is 1.07. The number of aromatic nitrogens is 4. The van der Waals surface area contributed by atoms with Gasteiger partial charge in [0.25, 0.3) is 0 Å². The van der Waals surface area contributed by atoms with Gasteiger partial charge < -0.3 is 51.9 Å². The molecule has 16 nitrogen and oxygen atoms in total. The molecule has 0 aliphatic carbocycles. The van der Waals surface area contributed by atoms with Crippen LogP contribution < -0.4 is 10.2 Å². The van der Waals surface area contributed by atoms with E-state index >= 15 is 0 Å². The van der Waals surface area contributed by atoms with Gasteiger partial charge in [-0.05, 0) is 12.1 Å². The van der Waals surface area contributed by atoms with E-state index in [-0.39, 0.29) is 50.1 Å². The second kappa shape index (κ2) is 14.9. The smallest absolute Gasteiger partial charge is 0.543 e. The van der Waals surface area contributed by atoms with Gasteiger partial charge in [0.1, 0.15) is 22.8 Å². The molecule has 2 rings (SSSR count). The Morgan fingerprint density at radius 3 is 1.15 bits per heavy atom. The fourth-order valence-electron chi connectivity index (χ4n) is 1.07. The van der Waals surface area contributed by atoms with Gasteiger partial charge in [-0.25, -0.2) is 9.59 Å². The van der Waals surface area contributed by atoms with Crippen molar-refractivity contribution in [1.29, 1.82) is 0 Å². The third kappa shape index (κ3) is 10.3. The Bertz CT molecular complexity index is 623. The Hall–Kier alpha value is -3.35. The third-order valence-electron chi connectivity index (χ3n) is 2.03. The average molecular weight is 443 g/mol. The van der Waals surface area contributed by atoms with Gasteiger partial charge in [-0.1, -0.05) is 0 Å². The van der Waals surface area contributed by atoms with Gasteiger partial charge in [-0.2, -0.15) is 10.2 Å². The number of carbonyl (C=O) groups excluding carboxylic acids is 2. The largest absolute Gasteiger partial charge is 2.00 e. The van der Waals surface area contributed by atoms with Crippen molar-refractivity contribution in [1.82, 2.24) is 20.4 Å². The topological polar surface area (TPSA) is 341 Å². The number of H-pyrrole nitrogens is 2. The molecule has 2 aromatic heterocycles. The summed E-state index contributed by atoms with van der Waals surface area (Å²) in [7, 11) is 0. The number of hydrogen-bond donors (Lipinski definition) is 4. The second-order valence-corrected chi connectivity index (χ2v) is 3.52. The van der Waals surface area contributed by atoms with E-state index in [1.807, 2.05) is 10.2 Å². The van der Waals surface area contributed by atoms with Crippen molar-refractivity contribution in [3.63, 3.8) is 0 Å². The molecule has 0 bridgehead atoms. The molecule has 0 fully saturated rings. The summed E-state index contributed by atoms with van der Waals surface area (Å²) in [5, 5.41) is 47.1. The molecule has 0 amide bonds. The van der Waals surface area contributed by atoms with Crippen LogP contribution in [0.25, 0.3) is 0 Å². The summed E-state index contributed by atoms with van der Waals surface area (Å²) < 4.78 is 0. The van der Waals surface area contributed by atoms with E-state index in [2.05, 4.69) is 10.2 Å². The van der Waals surface area contributed by atoms with E-state index in [4.69, 9.17) is 10.2 Å². The van der Waals surface area contributed by atoms with Crippen LogP contribution in [-0.2, 0) is 27.7 Å². The van der Waals surface area contributed by atoms with Gasteiger partial charge in [-0.3, -0.25) is 10.2 Å². The minimum Gasteiger partial charge on any atom is -0.543 e. The summed E-state index contributed by atoms with van der Waals surface area (Å²) in [6.07, 6.45) is 0. The van der Waals surface area contributed by atoms with E-state index in [1.165, 1.54) is 0 Å². The standard InChI is InChI=1S/2C5H4N2O4.Co.4H2O/c2*8-4(9)2-1-3(5(10)11)7-6-2;;;;;/h2*1H,(H,6,7)(H,8,9)(H,10,11);;4*1H2/q;;+2;;;;. The average Bonchev–Trinajstić information content (AvgIpc) is 3.09. The van der Waals surface area contributed by atoms with Gasteiger partial charge in [0.2, 0.25) is 0 Å². The predicted octanol–water partition coefficient (Wildman–Crippen LogP) is -6.55. The maximum absolute atomic E-state index is 10.2. The van der Waals surface area contributed by atoms with Crippen LogP contribution in [-0.4, -0.2) is 65.4 Å². The molecule has 2 aromatic rings. The first-order valence-electron chi connectivity index (χ1n) is 5.22. The molecule has 2 heterocycles. The Morgan fingerprint density at radius 1 is 0.778 bits per heavy atom. The second-order valence-electron chi connectivity index (χ2n) is 3.52. The monoisotopic (exact) mass is 443 g/mol. The minimum absolute atomic E-state index is 0. The fraction of sp³-hybridized carbons (Fsp3) is 0. The molecule has 14 N–H and O–H groups in total. The number of nitrogens with zero attached hydrogens (tertiary/aromatic N) is 2. The molecular weight excluding hydrogens is 427 g/mol. The quantitative estimate of drug-likeness (QED) is 0.323.